The number of benzene rings is 1. The van der Waals surface area contributed by atoms with Gasteiger partial charge in [0.05, 0.1) is 5.52 Å². The molecule has 0 aliphatic carbocycles. The zero-order valence-electron chi connectivity index (χ0n) is 17.2. The van der Waals surface area contributed by atoms with Gasteiger partial charge in [0.2, 0.25) is 5.82 Å². The molecule has 5 aromatic heterocycles. The van der Waals surface area contributed by atoms with Crippen LogP contribution in [0, 0.1) is 13.8 Å². The summed E-state index contributed by atoms with van der Waals surface area (Å²) in [5, 5.41) is 10.2. The molecule has 0 amide bonds. The maximum absolute atomic E-state index is 5.79. The molecule has 0 aliphatic heterocycles. The number of rotatable bonds is 4. The van der Waals surface area contributed by atoms with Crippen LogP contribution in [-0.4, -0.2) is 34.3 Å². The molecule has 1 aromatic carbocycles. The van der Waals surface area contributed by atoms with Crippen molar-refractivity contribution in [3.05, 3.63) is 64.7 Å². The van der Waals surface area contributed by atoms with Gasteiger partial charge in [-0.25, -0.2) is 24.1 Å². The van der Waals surface area contributed by atoms with E-state index in [1.807, 2.05) is 43.5 Å². The Kier molecular flexibility index (Phi) is 4.44. The molecule has 0 saturated carbocycles. The van der Waals surface area contributed by atoms with Gasteiger partial charge in [-0.2, -0.15) is 5.10 Å². The van der Waals surface area contributed by atoms with E-state index in [1.165, 1.54) is 5.56 Å². The summed E-state index contributed by atoms with van der Waals surface area (Å²) in [5.74, 6) is 1.31. The van der Waals surface area contributed by atoms with Gasteiger partial charge < -0.3 is 4.74 Å². The van der Waals surface area contributed by atoms with Crippen molar-refractivity contribution in [3.8, 4) is 17.3 Å². The summed E-state index contributed by atoms with van der Waals surface area (Å²) in [7, 11) is 0. The number of ether oxygens (including phenoxy) is 1. The molecular weight excluding hydrogens is 490 g/mol. The third kappa shape index (κ3) is 3.23. The zero-order chi connectivity index (χ0) is 21.8. The molecule has 0 atom stereocenters. The molecule has 6 rings (SSSR count). The van der Waals surface area contributed by atoms with E-state index < -0.39 is 0 Å². The summed E-state index contributed by atoms with van der Waals surface area (Å²) in [5.41, 5.74) is 4.50. The molecule has 0 radical (unpaired) electrons. The Morgan fingerprint density at radius 3 is 2.75 bits per heavy atom. The van der Waals surface area contributed by atoms with Crippen molar-refractivity contribution in [2.24, 2.45) is 0 Å². The largest absolute Gasteiger partial charge is 0.471 e. The molecule has 0 aliphatic rings. The van der Waals surface area contributed by atoms with E-state index in [2.05, 4.69) is 49.1 Å². The smallest absolute Gasteiger partial charge is 0.202 e. The number of hydrogen-bond acceptors (Lipinski definition) is 7. The van der Waals surface area contributed by atoms with Crippen LogP contribution in [0.2, 0.25) is 0 Å². The van der Waals surface area contributed by atoms with E-state index in [-0.39, 0.29) is 0 Å². The Bertz CT molecular complexity index is 1620. The lowest BCUT2D eigenvalue weighted by atomic mass is 10.1. The first-order valence-corrected chi connectivity index (χ1v) is 11.5. The molecule has 8 nitrogen and oxygen atoms in total. The summed E-state index contributed by atoms with van der Waals surface area (Å²) in [6, 6.07) is 11.6. The average Bonchev–Trinajstić information content (AvgIpc) is 3.48. The van der Waals surface area contributed by atoms with E-state index in [0.717, 1.165) is 42.0 Å². The second kappa shape index (κ2) is 7.35. The van der Waals surface area contributed by atoms with Crippen molar-refractivity contribution in [3.63, 3.8) is 0 Å². The van der Waals surface area contributed by atoms with Crippen LogP contribution in [0.5, 0.6) is 5.75 Å². The Hall–Kier alpha value is -3.37. The first-order valence-electron chi connectivity index (χ1n) is 9.89. The monoisotopic (exact) mass is 505 g/mol. The molecule has 0 spiro atoms. The standard InChI is InChI=1S/C22H16BrN7OS/c1-12-9-13(2)25-22-17(12)18-19(32-22)21-26-20(28-30(21)10-24-18)16-7-8-29(27-16)11-31-15-5-3-14(23)4-6-15/h3-10H,11H2,1-2H3. The fraction of sp³-hybridized carbons (Fsp3) is 0.136. The lowest BCUT2D eigenvalue weighted by Gasteiger charge is -2.05. The molecule has 6 aromatic rings. The molecule has 10 heteroatoms. The Morgan fingerprint density at radius 1 is 1.06 bits per heavy atom. The highest BCUT2D eigenvalue weighted by Crippen LogP contribution is 2.35. The number of aromatic nitrogens is 7. The molecule has 0 saturated heterocycles. The SMILES string of the molecule is Cc1cc(C)c2c(n1)sc1c2ncn2nc(-c3ccn(COc4ccc(Br)cc4)n3)nc12. The van der Waals surface area contributed by atoms with E-state index in [4.69, 9.17) is 9.72 Å². The highest BCUT2D eigenvalue weighted by Gasteiger charge is 2.17. The van der Waals surface area contributed by atoms with E-state index in [1.54, 1.807) is 26.9 Å². The second-order valence-electron chi connectivity index (χ2n) is 7.46. The quantitative estimate of drug-likeness (QED) is 0.328. The first kappa shape index (κ1) is 19.3. The van der Waals surface area contributed by atoms with E-state index in [9.17, 15) is 0 Å². The minimum Gasteiger partial charge on any atom is -0.471 e. The molecule has 0 N–H and O–H groups in total. The fourth-order valence-electron chi connectivity index (χ4n) is 3.70. The number of hydrogen-bond donors (Lipinski definition) is 0. The number of pyridine rings is 1. The molecular formula is C22H16BrN7OS. The normalized spacial score (nSPS) is 11.7. The van der Waals surface area contributed by atoms with Crippen LogP contribution in [-0.2, 0) is 6.73 Å². The highest BCUT2D eigenvalue weighted by atomic mass is 79.9. The predicted molar refractivity (Wildman–Crippen MR) is 127 cm³/mol. The number of fused-ring (bicyclic) bond motifs is 5. The maximum Gasteiger partial charge on any atom is 0.202 e. The third-order valence-corrected chi connectivity index (χ3v) is 6.74. The minimum absolute atomic E-state index is 0.293. The third-order valence-electron chi connectivity index (χ3n) is 5.14. The Labute approximate surface area is 194 Å². The summed E-state index contributed by atoms with van der Waals surface area (Å²) in [6.07, 6.45) is 3.55. The second-order valence-corrected chi connectivity index (χ2v) is 9.37. The molecule has 0 fully saturated rings. The maximum atomic E-state index is 5.79. The lowest BCUT2D eigenvalue weighted by Crippen LogP contribution is -2.05. The van der Waals surface area contributed by atoms with Gasteiger partial charge in [0.1, 0.15) is 27.3 Å². The van der Waals surface area contributed by atoms with Crippen LogP contribution in [0.4, 0.5) is 0 Å². The Morgan fingerprint density at radius 2 is 1.91 bits per heavy atom. The van der Waals surface area contributed by atoms with Crippen molar-refractivity contribution >= 4 is 53.3 Å². The van der Waals surface area contributed by atoms with Crippen LogP contribution in [0.3, 0.4) is 0 Å². The molecule has 158 valence electrons. The predicted octanol–water partition coefficient (Wildman–Crippen LogP) is 5.17. The van der Waals surface area contributed by atoms with E-state index >= 15 is 0 Å². The molecule has 0 unspecified atom stereocenters. The minimum atomic E-state index is 0.293. The van der Waals surface area contributed by atoms with Crippen LogP contribution >= 0.6 is 27.3 Å². The van der Waals surface area contributed by atoms with Gasteiger partial charge >= 0.3 is 0 Å². The first-order chi connectivity index (χ1) is 15.5. The van der Waals surface area contributed by atoms with Crippen LogP contribution in [0.25, 0.3) is 37.6 Å². The topological polar surface area (TPSA) is 83.0 Å². The number of aryl methyl sites for hydroxylation is 2. The summed E-state index contributed by atoms with van der Waals surface area (Å²) >= 11 is 5.01. The van der Waals surface area contributed by atoms with Gasteiger partial charge in [-0.05, 0) is 55.8 Å². The van der Waals surface area contributed by atoms with Crippen LogP contribution in [0.15, 0.2) is 53.4 Å². The van der Waals surface area contributed by atoms with Gasteiger partial charge in [-0.3, -0.25) is 0 Å². The number of halogens is 1. The average molecular weight is 506 g/mol. The fourth-order valence-corrected chi connectivity index (χ4v) is 5.19. The van der Waals surface area contributed by atoms with Crippen molar-refractivity contribution in [2.75, 3.05) is 0 Å². The van der Waals surface area contributed by atoms with E-state index in [0.29, 0.717) is 18.2 Å². The van der Waals surface area contributed by atoms with Crippen molar-refractivity contribution in [1.29, 1.82) is 0 Å². The summed E-state index contributed by atoms with van der Waals surface area (Å²) in [4.78, 5) is 15.1. The summed E-state index contributed by atoms with van der Waals surface area (Å²) in [6.45, 7) is 4.39. The van der Waals surface area contributed by atoms with Crippen LogP contribution in [0.1, 0.15) is 11.3 Å². The van der Waals surface area contributed by atoms with Gasteiger partial charge in [0, 0.05) is 21.7 Å². The number of nitrogens with zero attached hydrogens (tertiary/aromatic N) is 7. The van der Waals surface area contributed by atoms with Crippen molar-refractivity contribution in [1.82, 2.24) is 34.3 Å². The van der Waals surface area contributed by atoms with Gasteiger partial charge in [0.25, 0.3) is 0 Å². The van der Waals surface area contributed by atoms with Gasteiger partial charge in [0.15, 0.2) is 12.4 Å². The molecule has 0 bridgehead atoms. The van der Waals surface area contributed by atoms with Gasteiger partial charge in [-0.1, -0.05) is 15.9 Å². The lowest BCUT2D eigenvalue weighted by molar-refractivity contribution is 0.221. The van der Waals surface area contributed by atoms with Crippen LogP contribution < -0.4 is 4.74 Å². The highest BCUT2D eigenvalue weighted by molar-refractivity contribution is 9.10. The Balaban J connectivity index is 1.35. The van der Waals surface area contributed by atoms with Crippen molar-refractivity contribution < 1.29 is 4.74 Å². The van der Waals surface area contributed by atoms with Gasteiger partial charge in [-0.15, -0.1) is 16.4 Å². The zero-order valence-corrected chi connectivity index (χ0v) is 19.6. The molecule has 5 heterocycles. The number of thiophene rings is 1. The molecule has 32 heavy (non-hydrogen) atoms. The summed E-state index contributed by atoms with van der Waals surface area (Å²) < 4.78 is 11.2. The van der Waals surface area contributed by atoms with Crippen molar-refractivity contribution in [2.45, 2.75) is 20.6 Å².